The van der Waals surface area contributed by atoms with Crippen molar-refractivity contribution in [3.05, 3.63) is 64.2 Å². The Morgan fingerprint density at radius 2 is 0.950 bits per heavy atom. The van der Waals surface area contributed by atoms with E-state index in [0.717, 1.165) is 0 Å². The molecule has 2 aromatic carbocycles. The van der Waals surface area contributed by atoms with Gasteiger partial charge in [0, 0.05) is 0 Å². The largest absolute Gasteiger partial charge is 0.105 e. The van der Waals surface area contributed by atoms with Gasteiger partial charge in [0.25, 0.3) is 0 Å². The number of benzene rings is 2. The third-order valence-corrected chi connectivity index (χ3v) is 4.15. The zero-order valence-corrected chi connectivity index (χ0v) is 15.2. The average molecular weight is 288 g/mol. The lowest BCUT2D eigenvalue weighted by Crippen LogP contribution is -1.97. The fourth-order valence-electron chi connectivity index (χ4n) is 1.67. The molecule has 1 heteroatoms. The molecule has 0 nitrogen and oxygen atoms in total. The Morgan fingerprint density at radius 3 is 1.25 bits per heavy atom. The summed E-state index contributed by atoms with van der Waals surface area (Å²) in [7, 11) is 2.72. The fraction of sp³-hybridized carbons (Fsp3) is 0.368. The molecule has 2 rings (SSSR count). The van der Waals surface area contributed by atoms with Crippen LogP contribution in [0, 0.1) is 34.6 Å². The van der Waals surface area contributed by atoms with Gasteiger partial charge in [0.1, 0.15) is 0 Å². The van der Waals surface area contributed by atoms with E-state index in [1.165, 1.54) is 33.1 Å². The van der Waals surface area contributed by atoms with Gasteiger partial charge in [-0.15, -0.1) is 9.24 Å². The van der Waals surface area contributed by atoms with E-state index in [-0.39, 0.29) is 0 Å². The van der Waals surface area contributed by atoms with Crippen molar-refractivity contribution in [2.75, 3.05) is 0 Å². The summed E-state index contributed by atoms with van der Waals surface area (Å²) in [5.74, 6) is 0. The summed E-state index contributed by atoms with van der Waals surface area (Å²) in [6.45, 7) is 14.7. The highest BCUT2D eigenvalue weighted by Gasteiger charge is 1.92. The summed E-state index contributed by atoms with van der Waals surface area (Å²) in [6.07, 6.45) is 0. The van der Waals surface area contributed by atoms with E-state index in [4.69, 9.17) is 0 Å². The lowest BCUT2D eigenvalue weighted by Gasteiger charge is -2.00. The van der Waals surface area contributed by atoms with Gasteiger partial charge in [-0.2, -0.15) is 0 Å². The van der Waals surface area contributed by atoms with Crippen LogP contribution in [0.15, 0.2) is 36.4 Å². The van der Waals surface area contributed by atoms with Gasteiger partial charge in [-0.1, -0.05) is 50.2 Å². The molecule has 0 radical (unpaired) electrons. The van der Waals surface area contributed by atoms with Crippen molar-refractivity contribution < 1.29 is 0 Å². The van der Waals surface area contributed by atoms with Crippen LogP contribution in [-0.4, -0.2) is 0 Å². The molecular weight excluding hydrogens is 259 g/mol. The second-order valence-electron chi connectivity index (χ2n) is 4.81. The van der Waals surface area contributed by atoms with Crippen molar-refractivity contribution in [3.8, 4) is 0 Å². The van der Waals surface area contributed by atoms with Crippen LogP contribution >= 0.6 is 9.24 Å². The van der Waals surface area contributed by atoms with E-state index in [0.29, 0.717) is 0 Å². The normalized spacial score (nSPS) is 9.00. The third kappa shape index (κ3) is 5.88. The van der Waals surface area contributed by atoms with Gasteiger partial charge < -0.3 is 0 Å². The Kier molecular flexibility index (Phi) is 9.17. The van der Waals surface area contributed by atoms with Gasteiger partial charge in [-0.3, -0.25) is 0 Å². The van der Waals surface area contributed by atoms with E-state index < -0.39 is 0 Å². The molecule has 110 valence electrons. The highest BCUT2D eigenvalue weighted by Crippen LogP contribution is 2.10. The molecule has 0 amide bonds. The Balaban J connectivity index is 0.000000321. The maximum atomic E-state index is 2.72. The van der Waals surface area contributed by atoms with Crippen molar-refractivity contribution in [2.45, 2.75) is 48.5 Å². The summed E-state index contributed by atoms with van der Waals surface area (Å²) in [5, 5.41) is 1.30. The van der Waals surface area contributed by atoms with Crippen molar-refractivity contribution >= 4 is 14.5 Å². The Hall–Kier alpha value is -1.13. The molecule has 0 aliphatic heterocycles. The van der Waals surface area contributed by atoms with Crippen molar-refractivity contribution in [1.82, 2.24) is 0 Å². The van der Waals surface area contributed by atoms with Crippen LogP contribution in [0.2, 0.25) is 0 Å². The second-order valence-corrected chi connectivity index (χ2v) is 5.43. The molecule has 0 heterocycles. The molecule has 0 fully saturated rings. The molecule has 0 N–H and O–H groups in total. The number of hydrogen-bond acceptors (Lipinski definition) is 0. The van der Waals surface area contributed by atoms with Crippen molar-refractivity contribution in [3.63, 3.8) is 0 Å². The number of hydrogen-bond donors (Lipinski definition) is 0. The monoisotopic (exact) mass is 288 g/mol. The molecule has 0 saturated carbocycles. The van der Waals surface area contributed by atoms with Gasteiger partial charge in [0.05, 0.1) is 0 Å². The minimum Gasteiger partial charge on any atom is -0.105 e. The molecule has 1 atom stereocenters. The molecule has 0 bridgehead atoms. The zero-order chi connectivity index (χ0) is 15.7. The summed E-state index contributed by atoms with van der Waals surface area (Å²) >= 11 is 0. The lowest BCUT2D eigenvalue weighted by molar-refractivity contribution is 1.27. The van der Waals surface area contributed by atoms with Crippen LogP contribution in [0.5, 0.6) is 0 Å². The van der Waals surface area contributed by atoms with Crippen LogP contribution in [0.3, 0.4) is 0 Å². The van der Waals surface area contributed by atoms with Gasteiger partial charge in [-0.05, 0) is 67.7 Å². The fourth-order valence-corrected chi connectivity index (χ4v) is 2.01. The molecule has 0 saturated heterocycles. The molecule has 0 spiro atoms. The van der Waals surface area contributed by atoms with E-state index in [9.17, 15) is 0 Å². The highest BCUT2D eigenvalue weighted by molar-refractivity contribution is 7.27. The third-order valence-electron chi connectivity index (χ3n) is 3.52. The quantitative estimate of drug-likeness (QED) is 0.566. The van der Waals surface area contributed by atoms with E-state index in [2.05, 4.69) is 80.3 Å². The number of aryl methyl sites for hydroxylation is 3. The lowest BCUT2D eigenvalue weighted by atomic mass is 10.1. The predicted octanol–water partition coefficient (Wildman–Crippen LogP) is 5.44. The van der Waals surface area contributed by atoms with Crippen molar-refractivity contribution in [2.24, 2.45) is 0 Å². The van der Waals surface area contributed by atoms with Gasteiger partial charge in [0.2, 0.25) is 0 Å². The average Bonchev–Trinajstić information content (AvgIpc) is 2.45. The summed E-state index contributed by atoms with van der Waals surface area (Å²) in [5.41, 5.74) is 6.92. The van der Waals surface area contributed by atoms with Crippen LogP contribution in [0.25, 0.3) is 0 Å². The van der Waals surface area contributed by atoms with E-state index in [1.54, 1.807) is 0 Å². The first-order valence-electron chi connectivity index (χ1n) is 7.28. The second kappa shape index (κ2) is 9.72. The van der Waals surface area contributed by atoms with Gasteiger partial charge >= 0.3 is 0 Å². The Morgan fingerprint density at radius 1 is 0.600 bits per heavy atom. The maximum Gasteiger partial charge on any atom is -0.0271 e. The molecule has 0 aromatic heterocycles. The van der Waals surface area contributed by atoms with Crippen LogP contribution in [-0.2, 0) is 0 Å². The molecule has 0 aliphatic rings. The highest BCUT2D eigenvalue weighted by atomic mass is 31.0. The molecule has 20 heavy (non-hydrogen) atoms. The van der Waals surface area contributed by atoms with E-state index in [1.807, 2.05) is 13.8 Å². The smallest absolute Gasteiger partial charge is 0.0271 e. The topological polar surface area (TPSA) is 0 Å². The van der Waals surface area contributed by atoms with Crippen molar-refractivity contribution in [1.29, 1.82) is 0 Å². The molecule has 1 unspecified atom stereocenters. The zero-order valence-electron chi connectivity index (χ0n) is 14.0. The summed E-state index contributed by atoms with van der Waals surface area (Å²) < 4.78 is 0. The SMILES string of the molecule is CC.Cc1cccc(C)c1C.Cc1cccc(P)c1C. The standard InChI is InChI=1S/C9H12.C8H11P.C2H6/c1-7-5-4-6-8(2)9(7)3;1-6-4-3-5-8(9)7(6)2;1-2/h4-6H,1-3H3;3-5H,9H2,1-2H3;1-2H3. The minimum absolute atomic E-state index is 1.30. The first-order valence-corrected chi connectivity index (χ1v) is 7.85. The molecular formula is C19H29P. The summed E-state index contributed by atoms with van der Waals surface area (Å²) in [6, 6.07) is 12.7. The number of rotatable bonds is 0. The predicted molar refractivity (Wildman–Crippen MR) is 97.3 cm³/mol. The van der Waals surface area contributed by atoms with Crippen LogP contribution in [0.4, 0.5) is 0 Å². The van der Waals surface area contributed by atoms with Gasteiger partial charge in [-0.25, -0.2) is 0 Å². The maximum absolute atomic E-state index is 2.72. The van der Waals surface area contributed by atoms with Crippen LogP contribution in [0.1, 0.15) is 41.7 Å². The van der Waals surface area contributed by atoms with Gasteiger partial charge in [0.15, 0.2) is 0 Å². The molecule has 2 aromatic rings. The van der Waals surface area contributed by atoms with E-state index >= 15 is 0 Å². The first-order chi connectivity index (χ1) is 9.43. The summed E-state index contributed by atoms with van der Waals surface area (Å²) in [4.78, 5) is 0. The van der Waals surface area contributed by atoms with Crippen LogP contribution < -0.4 is 5.30 Å². The first kappa shape index (κ1) is 18.9. The molecule has 0 aliphatic carbocycles. The Bertz CT molecular complexity index is 437. The minimum atomic E-state index is 1.30. The Labute approximate surface area is 127 Å².